The van der Waals surface area contributed by atoms with Gasteiger partial charge in [0, 0.05) is 44.0 Å². The van der Waals surface area contributed by atoms with Gasteiger partial charge in [-0.1, -0.05) is 23.5 Å². The molecule has 0 unspecified atom stereocenters. The van der Waals surface area contributed by atoms with Crippen molar-refractivity contribution in [3.8, 4) is 5.75 Å². The number of anilines is 1. The van der Waals surface area contributed by atoms with Crippen LogP contribution in [0.25, 0.3) is 15.2 Å². The second-order valence-corrected chi connectivity index (χ2v) is 10.1. The molecule has 1 aliphatic heterocycles. The van der Waals surface area contributed by atoms with E-state index in [0.29, 0.717) is 10.3 Å². The van der Waals surface area contributed by atoms with E-state index in [1.165, 1.54) is 15.9 Å². The van der Waals surface area contributed by atoms with Crippen LogP contribution in [-0.4, -0.2) is 59.3 Å². The van der Waals surface area contributed by atoms with E-state index in [9.17, 15) is 4.79 Å². The van der Waals surface area contributed by atoms with Crippen LogP contribution in [0.4, 0.5) is 5.69 Å². The summed E-state index contributed by atoms with van der Waals surface area (Å²) in [5.74, 6) is 0.925. The number of methoxy groups -OCH3 is 1. The van der Waals surface area contributed by atoms with E-state index in [1.54, 1.807) is 18.4 Å². The Balaban J connectivity index is 1.26. The van der Waals surface area contributed by atoms with Crippen LogP contribution in [0.2, 0.25) is 0 Å². The molecule has 0 N–H and O–H groups in total. The topological polar surface area (TPSA) is 63.0 Å². The molecule has 0 spiro atoms. The van der Waals surface area contributed by atoms with Gasteiger partial charge < -0.3 is 9.64 Å². The highest BCUT2D eigenvalue weighted by Gasteiger charge is 2.20. The van der Waals surface area contributed by atoms with Crippen LogP contribution >= 0.6 is 22.7 Å². The number of benzene rings is 1. The second-order valence-electron chi connectivity index (χ2n) is 7.82. The number of para-hydroxylation sites is 2. The molecule has 0 amide bonds. The van der Waals surface area contributed by atoms with Gasteiger partial charge >= 0.3 is 0 Å². The summed E-state index contributed by atoms with van der Waals surface area (Å²) in [6.07, 6.45) is 0.827. The molecular weight excluding hydrogens is 430 g/mol. The molecule has 0 bridgehead atoms. The summed E-state index contributed by atoms with van der Waals surface area (Å²) in [6.45, 7) is 8.88. The Morgan fingerprint density at radius 2 is 1.87 bits per heavy atom. The van der Waals surface area contributed by atoms with E-state index < -0.39 is 0 Å². The highest BCUT2D eigenvalue weighted by Crippen LogP contribution is 2.29. The molecule has 0 saturated carbocycles. The van der Waals surface area contributed by atoms with Crippen LogP contribution in [0, 0.1) is 13.8 Å². The first kappa shape index (κ1) is 20.4. The number of rotatable bonds is 5. The van der Waals surface area contributed by atoms with Crippen molar-refractivity contribution in [3.63, 3.8) is 0 Å². The summed E-state index contributed by atoms with van der Waals surface area (Å²) in [5.41, 5.74) is 2.14. The third-order valence-electron chi connectivity index (χ3n) is 6.01. The lowest BCUT2D eigenvalue weighted by Crippen LogP contribution is -2.47. The third-order valence-corrected chi connectivity index (χ3v) is 8.08. The van der Waals surface area contributed by atoms with Crippen molar-refractivity contribution >= 4 is 43.5 Å². The highest BCUT2D eigenvalue weighted by atomic mass is 32.1. The Kier molecular flexibility index (Phi) is 5.41. The van der Waals surface area contributed by atoms with Gasteiger partial charge in [0.2, 0.25) is 4.96 Å². The SMILES string of the molecule is COc1ccccc1N1CCN(CCc2nn3c(=O)c4c(C)c(C)sc4nc3s2)CC1. The number of piperazine rings is 1. The fourth-order valence-corrected chi connectivity index (χ4v) is 6.07. The van der Waals surface area contributed by atoms with Gasteiger partial charge in [0.15, 0.2) is 0 Å². The number of aromatic nitrogens is 3. The normalized spacial score (nSPS) is 15.3. The molecule has 0 radical (unpaired) electrons. The first-order valence-corrected chi connectivity index (χ1v) is 12.1. The summed E-state index contributed by atoms with van der Waals surface area (Å²) in [4.78, 5) is 25.1. The fourth-order valence-electron chi connectivity index (χ4n) is 4.12. The Labute approximate surface area is 188 Å². The first-order valence-electron chi connectivity index (χ1n) is 10.4. The minimum atomic E-state index is -0.0465. The Morgan fingerprint density at radius 1 is 1.10 bits per heavy atom. The monoisotopic (exact) mass is 455 g/mol. The van der Waals surface area contributed by atoms with Gasteiger partial charge in [-0.2, -0.15) is 9.61 Å². The van der Waals surface area contributed by atoms with E-state index in [2.05, 4.69) is 27.0 Å². The number of thiophene rings is 1. The van der Waals surface area contributed by atoms with Crippen LogP contribution in [0.5, 0.6) is 5.75 Å². The molecule has 9 heteroatoms. The minimum Gasteiger partial charge on any atom is -0.495 e. The average Bonchev–Trinajstić information content (AvgIpc) is 3.33. The van der Waals surface area contributed by atoms with Crippen LogP contribution < -0.4 is 15.2 Å². The molecule has 4 heterocycles. The van der Waals surface area contributed by atoms with E-state index in [-0.39, 0.29) is 5.56 Å². The molecule has 7 nitrogen and oxygen atoms in total. The predicted molar refractivity (Wildman–Crippen MR) is 127 cm³/mol. The minimum absolute atomic E-state index is 0.0465. The van der Waals surface area contributed by atoms with Gasteiger partial charge in [0.1, 0.15) is 15.6 Å². The average molecular weight is 456 g/mol. The molecule has 3 aromatic heterocycles. The van der Waals surface area contributed by atoms with Gasteiger partial charge in [-0.15, -0.1) is 11.3 Å². The summed E-state index contributed by atoms with van der Waals surface area (Å²) in [7, 11) is 1.72. The van der Waals surface area contributed by atoms with Gasteiger partial charge in [-0.3, -0.25) is 9.69 Å². The van der Waals surface area contributed by atoms with Gasteiger partial charge in [0.25, 0.3) is 5.56 Å². The Morgan fingerprint density at radius 3 is 2.65 bits per heavy atom. The fraction of sp³-hybridized carbons (Fsp3) is 0.409. The molecule has 1 aliphatic rings. The van der Waals surface area contributed by atoms with E-state index in [4.69, 9.17) is 9.72 Å². The maximum Gasteiger partial charge on any atom is 0.284 e. The molecule has 1 saturated heterocycles. The summed E-state index contributed by atoms with van der Waals surface area (Å²) in [6, 6.07) is 8.19. The third kappa shape index (κ3) is 3.71. The standard InChI is InChI=1S/C22H25N5O2S2/c1-14-15(2)30-20-19(14)21(28)27-22(23-20)31-18(24-27)8-9-25-10-12-26(13-11-25)16-6-4-5-7-17(16)29-3/h4-7H,8-13H2,1-3H3. The van der Waals surface area contributed by atoms with Crippen molar-refractivity contribution in [3.05, 3.63) is 50.1 Å². The molecule has 162 valence electrons. The maximum absolute atomic E-state index is 12.9. The van der Waals surface area contributed by atoms with Crippen molar-refractivity contribution in [1.29, 1.82) is 0 Å². The largest absolute Gasteiger partial charge is 0.495 e. The van der Waals surface area contributed by atoms with Gasteiger partial charge in [0.05, 0.1) is 18.2 Å². The zero-order chi connectivity index (χ0) is 21.5. The number of ether oxygens (including phenoxy) is 1. The zero-order valence-electron chi connectivity index (χ0n) is 17.9. The van der Waals surface area contributed by atoms with E-state index in [0.717, 1.165) is 70.9 Å². The summed E-state index contributed by atoms with van der Waals surface area (Å²) in [5, 5.41) is 6.27. The summed E-state index contributed by atoms with van der Waals surface area (Å²) >= 11 is 3.11. The van der Waals surface area contributed by atoms with Crippen LogP contribution in [0.1, 0.15) is 15.4 Å². The maximum atomic E-state index is 12.9. The number of hydrogen-bond acceptors (Lipinski definition) is 8. The van der Waals surface area contributed by atoms with Crippen molar-refractivity contribution in [2.45, 2.75) is 20.3 Å². The number of aryl methyl sites for hydroxylation is 2. The predicted octanol–water partition coefficient (Wildman–Crippen LogP) is 3.36. The van der Waals surface area contributed by atoms with Crippen LogP contribution in [-0.2, 0) is 6.42 Å². The molecule has 1 aromatic carbocycles. The molecule has 5 rings (SSSR count). The molecule has 0 aliphatic carbocycles. The van der Waals surface area contributed by atoms with Crippen LogP contribution in [0.3, 0.4) is 0 Å². The first-order chi connectivity index (χ1) is 15.0. The number of nitrogens with zero attached hydrogens (tertiary/aromatic N) is 5. The molecule has 4 aromatic rings. The highest BCUT2D eigenvalue weighted by molar-refractivity contribution is 7.19. The lowest BCUT2D eigenvalue weighted by molar-refractivity contribution is 0.260. The van der Waals surface area contributed by atoms with E-state index >= 15 is 0 Å². The second kappa shape index (κ2) is 8.22. The zero-order valence-corrected chi connectivity index (χ0v) is 19.6. The van der Waals surface area contributed by atoms with Crippen LogP contribution in [0.15, 0.2) is 29.1 Å². The van der Waals surface area contributed by atoms with Crippen molar-refractivity contribution in [2.24, 2.45) is 0 Å². The molecule has 0 atom stereocenters. The van der Waals surface area contributed by atoms with Crippen molar-refractivity contribution in [2.75, 3.05) is 44.7 Å². The van der Waals surface area contributed by atoms with Gasteiger partial charge in [-0.05, 0) is 31.5 Å². The molecular formula is C22H25N5O2S2. The number of fused-ring (bicyclic) bond motifs is 2. The van der Waals surface area contributed by atoms with Crippen molar-refractivity contribution in [1.82, 2.24) is 19.5 Å². The molecule has 1 fully saturated rings. The smallest absolute Gasteiger partial charge is 0.284 e. The number of hydrogen-bond donors (Lipinski definition) is 0. The lowest BCUT2D eigenvalue weighted by Gasteiger charge is -2.36. The molecule has 31 heavy (non-hydrogen) atoms. The van der Waals surface area contributed by atoms with Gasteiger partial charge in [-0.25, -0.2) is 4.98 Å². The lowest BCUT2D eigenvalue weighted by atomic mass is 10.2. The Hall–Kier alpha value is -2.49. The quantitative estimate of drug-likeness (QED) is 0.460. The Bertz CT molecular complexity index is 1300. The van der Waals surface area contributed by atoms with Crippen molar-refractivity contribution < 1.29 is 4.74 Å². The van der Waals surface area contributed by atoms with E-state index in [1.807, 2.05) is 26.0 Å². The summed E-state index contributed by atoms with van der Waals surface area (Å²) < 4.78 is 7.00.